The molecule has 1 amide bonds. The van der Waals surface area contributed by atoms with Crippen LogP contribution in [-0.2, 0) is 0 Å². The predicted octanol–water partition coefficient (Wildman–Crippen LogP) is 2.54. The summed E-state index contributed by atoms with van der Waals surface area (Å²) in [5.41, 5.74) is 0. The number of carbonyl (C=O) groups is 1. The van der Waals surface area contributed by atoms with E-state index in [0.717, 1.165) is 13.0 Å². The number of hydrogen-bond donors (Lipinski definition) is 2. The highest BCUT2D eigenvalue weighted by molar-refractivity contribution is 7.80. The zero-order valence-electron chi connectivity index (χ0n) is 9.29. The lowest BCUT2D eigenvalue weighted by atomic mass is 10.2. The first-order valence-electron chi connectivity index (χ1n) is 5.36. The maximum atomic E-state index is 11.6. The minimum absolute atomic E-state index is 0.136. The van der Waals surface area contributed by atoms with E-state index in [2.05, 4.69) is 17.6 Å². The first kappa shape index (κ1) is 13.1. The van der Waals surface area contributed by atoms with Crippen molar-refractivity contribution in [3.05, 3.63) is 22.4 Å². The Kier molecular flexibility index (Phi) is 6.03. The maximum absolute atomic E-state index is 11.6. The molecule has 2 N–H and O–H groups in total. The van der Waals surface area contributed by atoms with Gasteiger partial charge in [0.2, 0.25) is 0 Å². The molecule has 16 heavy (non-hydrogen) atoms. The van der Waals surface area contributed by atoms with E-state index >= 15 is 0 Å². The van der Waals surface area contributed by atoms with Gasteiger partial charge < -0.3 is 5.32 Å². The number of thiocarbonyl (C=S) groups is 1. The number of carbonyl (C=O) groups excluding carboxylic acids is 1. The Morgan fingerprint density at radius 1 is 1.50 bits per heavy atom. The summed E-state index contributed by atoms with van der Waals surface area (Å²) in [5, 5.41) is 7.94. The van der Waals surface area contributed by atoms with Crippen molar-refractivity contribution in [3.63, 3.8) is 0 Å². The molecule has 0 unspecified atom stereocenters. The summed E-state index contributed by atoms with van der Waals surface area (Å²) in [6.07, 6.45) is 3.43. The van der Waals surface area contributed by atoms with Gasteiger partial charge in [-0.05, 0) is 30.1 Å². The van der Waals surface area contributed by atoms with E-state index in [9.17, 15) is 4.79 Å². The summed E-state index contributed by atoms with van der Waals surface area (Å²) in [6, 6.07) is 3.62. The molecule has 0 aromatic carbocycles. The topological polar surface area (TPSA) is 41.1 Å². The third-order valence-corrected chi connectivity index (χ3v) is 3.15. The molecule has 1 aromatic rings. The van der Waals surface area contributed by atoms with Crippen molar-refractivity contribution >= 4 is 34.6 Å². The summed E-state index contributed by atoms with van der Waals surface area (Å²) < 4.78 is 0. The van der Waals surface area contributed by atoms with Gasteiger partial charge in [0.15, 0.2) is 5.11 Å². The quantitative estimate of drug-likeness (QED) is 0.628. The monoisotopic (exact) mass is 256 g/mol. The molecular weight excluding hydrogens is 240 g/mol. The lowest BCUT2D eigenvalue weighted by Crippen LogP contribution is -2.39. The molecule has 0 saturated carbocycles. The van der Waals surface area contributed by atoms with E-state index in [-0.39, 0.29) is 5.91 Å². The van der Waals surface area contributed by atoms with Gasteiger partial charge in [0.1, 0.15) is 0 Å². The van der Waals surface area contributed by atoms with Gasteiger partial charge in [-0.25, -0.2) is 0 Å². The average Bonchev–Trinajstić information content (AvgIpc) is 2.77. The van der Waals surface area contributed by atoms with Gasteiger partial charge in [0.25, 0.3) is 5.91 Å². The number of thiophene rings is 1. The predicted molar refractivity (Wildman–Crippen MR) is 71.9 cm³/mol. The molecule has 3 nitrogen and oxygen atoms in total. The molecule has 0 aliphatic carbocycles. The molecule has 0 spiro atoms. The highest BCUT2D eigenvalue weighted by Crippen LogP contribution is 2.07. The third kappa shape index (κ3) is 4.72. The number of unbranched alkanes of at least 4 members (excludes halogenated alkanes) is 2. The fourth-order valence-corrected chi connectivity index (χ4v) is 2.01. The molecule has 0 fully saturated rings. The van der Waals surface area contributed by atoms with Gasteiger partial charge in [0.05, 0.1) is 4.88 Å². The van der Waals surface area contributed by atoms with Crippen LogP contribution in [0.25, 0.3) is 0 Å². The van der Waals surface area contributed by atoms with Crippen molar-refractivity contribution in [1.82, 2.24) is 10.6 Å². The van der Waals surface area contributed by atoms with Crippen LogP contribution in [0.1, 0.15) is 35.9 Å². The first-order chi connectivity index (χ1) is 7.74. The number of nitrogens with one attached hydrogen (secondary N) is 2. The van der Waals surface area contributed by atoms with Gasteiger partial charge in [-0.1, -0.05) is 25.8 Å². The Morgan fingerprint density at radius 2 is 2.31 bits per heavy atom. The smallest absolute Gasteiger partial charge is 0.267 e. The lowest BCUT2D eigenvalue weighted by molar-refractivity contribution is 0.0980. The van der Waals surface area contributed by atoms with E-state index in [0.29, 0.717) is 9.99 Å². The zero-order chi connectivity index (χ0) is 11.8. The van der Waals surface area contributed by atoms with Crippen LogP contribution in [0.5, 0.6) is 0 Å². The fraction of sp³-hybridized carbons (Fsp3) is 0.455. The van der Waals surface area contributed by atoms with Gasteiger partial charge in [-0.2, -0.15) is 0 Å². The lowest BCUT2D eigenvalue weighted by Gasteiger charge is -2.07. The fourth-order valence-electron chi connectivity index (χ4n) is 1.19. The molecule has 1 heterocycles. The molecule has 0 radical (unpaired) electrons. The summed E-state index contributed by atoms with van der Waals surface area (Å²) in [4.78, 5) is 12.3. The Bertz CT molecular complexity index is 336. The Hall–Kier alpha value is -0.940. The van der Waals surface area contributed by atoms with Crippen molar-refractivity contribution in [2.75, 3.05) is 6.54 Å². The Labute approximate surface area is 105 Å². The van der Waals surface area contributed by atoms with E-state index in [4.69, 9.17) is 12.2 Å². The molecule has 5 heteroatoms. The second-order valence-electron chi connectivity index (χ2n) is 3.39. The van der Waals surface area contributed by atoms with E-state index in [1.54, 1.807) is 6.07 Å². The molecular formula is C11H16N2OS2. The molecule has 0 saturated heterocycles. The van der Waals surface area contributed by atoms with Crippen molar-refractivity contribution in [3.8, 4) is 0 Å². The standard InChI is InChI=1S/C11H16N2OS2/c1-2-3-4-7-12-11(15)13-10(14)9-6-5-8-16-9/h5-6,8H,2-4,7H2,1H3,(H2,12,13,14,15). The number of hydrogen-bond acceptors (Lipinski definition) is 3. The largest absolute Gasteiger partial charge is 0.362 e. The summed E-state index contributed by atoms with van der Waals surface area (Å²) in [6.45, 7) is 2.97. The van der Waals surface area contributed by atoms with Crippen LogP contribution in [0.3, 0.4) is 0 Å². The first-order valence-corrected chi connectivity index (χ1v) is 6.65. The van der Waals surface area contributed by atoms with E-state index in [1.807, 2.05) is 11.4 Å². The van der Waals surface area contributed by atoms with Crippen molar-refractivity contribution in [2.45, 2.75) is 26.2 Å². The summed E-state index contributed by atoms with van der Waals surface area (Å²) in [5.74, 6) is -0.136. The van der Waals surface area contributed by atoms with E-state index < -0.39 is 0 Å². The summed E-state index contributed by atoms with van der Waals surface area (Å²) in [7, 11) is 0. The molecule has 0 aliphatic heterocycles. The SMILES string of the molecule is CCCCCNC(=S)NC(=O)c1cccs1. The molecule has 1 rings (SSSR count). The van der Waals surface area contributed by atoms with Crippen LogP contribution in [0.4, 0.5) is 0 Å². The van der Waals surface area contributed by atoms with Crippen molar-refractivity contribution in [1.29, 1.82) is 0 Å². The Balaban J connectivity index is 2.21. The second-order valence-corrected chi connectivity index (χ2v) is 4.75. The van der Waals surface area contributed by atoms with Gasteiger partial charge in [0, 0.05) is 6.54 Å². The number of rotatable bonds is 5. The van der Waals surface area contributed by atoms with Gasteiger partial charge >= 0.3 is 0 Å². The van der Waals surface area contributed by atoms with Gasteiger partial charge in [-0.3, -0.25) is 10.1 Å². The molecule has 0 aliphatic rings. The van der Waals surface area contributed by atoms with Crippen molar-refractivity contribution in [2.24, 2.45) is 0 Å². The van der Waals surface area contributed by atoms with Crippen LogP contribution < -0.4 is 10.6 Å². The van der Waals surface area contributed by atoms with Crippen molar-refractivity contribution < 1.29 is 4.79 Å². The van der Waals surface area contributed by atoms with Gasteiger partial charge in [-0.15, -0.1) is 11.3 Å². The second kappa shape index (κ2) is 7.35. The molecule has 88 valence electrons. The highest BCUT2D eigenvalue weighted by Gasteiger charge is 2.07. The minimum Gasteiger partial charge on any atom is -0.362 e. The van der Waals surface area contributed by atoms with Crippen LogP contribution in [0.15, 0.2) is 17.5 Å². The van der Waals surface area contributed by atoms with Crippen LogP contribution in [-0.4, -0.2) is 17.6 Å². The highest BCUT2D eigenvalue weighted by atomic mass is 32.1. The number of amides is 1. The maximum Gasteiger partial charge on any atom is 0.267 e. The van der Waals surface area contributed by atoms with Crippen LogP contribution >= 0.6 is 23.6 Å². The van der Waals surface area contributed by atoms with E-state index in [1.165, 1.54) is 24.2 Å². The molecule has 0 bridgehead atoms. The zero-order valence-corrected chi connectivity index (χ0v) is 10.9. The molecule has 1 aromatic heterocycles. The molecule has 0 atom stereocenters. The third-order valence-electron chi connectivity index (χ3n) is 2.04. The normalized spacial score (nSPS) is 9.81. The van der Waals surface area contributed by atoms with Crippen LogP contribution in [0, 0.1) is 0 Å². The minimum atomic E-state index is -0.136. The van der Waals surface area contributed by atoms with Crippen LogP contribution in [0.2, 0.25) is 0 Å². The summed E-state index contributed by atoms with van der Waals surface area (Å²) >= 11 is 6.42. The average molecular weight is 256 g/mol. The Morgan fingerprint density at radius 3 is 2.94 bits per heavy atom.